The van der Waals surface area contributed by atoms with Crippen molar-refractivity contribution in [2.45, 2.75) is 12.5 Å². The lowest BCUT2D eigenvalue weighted by Crippen LogP contribution is -2.02. The average molecular weight is 303 g/mol. The van der Waals surface area contributed by atoms with Gasteiger partial charge in [0, 0.05) is 16.1 Å². The first-order valence-corrected chi connectivity index (χ1v) is 6.43. The van der Waals surface area contributed by atoms with Crippen molar-refractivity contribution in [3.63, 3.8) is 0 Å². The van der Waals surface area contributed by atoms with E-state index in [1.165, 1.54) is 12.1 Å². The third kappa shape index (κ3) is 3.17. The number of hydrogen-bond acceptors (Lipinski definition) is 1. The first-order valence-electron chi connectivity index (χ1n) is 5.52. The lowest BCUT2D eigenvalue weighted by molar-refractivity contribution is 0.295. The van der Waals surface area contributed by atoms with E-state index in [1.807, 2.05) is 0 Å². The molecule has 0 aliphatic rings. The molecule has 100 valence electrons. The fourth-order valence-corrected chi connectivity index (χ4v) is 2.20. The van der Waals surface area contributed by atoms with Gasteiger partial charge in [-0.3, -0.25) is 0 Å². The van der Waals surface area contributed by atoms with E-state index in [-0.39, 0.29) is 18.1 Å². The summed E-state index contributed by atoms with van der Waals surface area (Å²) in [5.74, 6) is -1.16. The molecule has 0 saturated carbocycles. The van der Waals surface area contributed by atoms with Crippen molar-refractivity contribution in [1.82, 2.24) is 0 Å². The zero-order valence-electron chi connectivity index (χ0n) is 9.80. The van der Waals surface area contributed by atoms with Crippen molar-refractivity contribution < 1.29 is 13.5 Å². The molecule has 2 aromatic rings. The lowest BCUT2D eigenvalue weighted by Gasteiger charge is -2.11. The van der Waals surface area contributed by atoms with E-state index in [9.17, 15) is 8.78 Å². The first kappa shape index (κ1) is 14.1. The molecule has 0 aromatic heterocycles. The van der Waals surface area contributed by atoms with Crippen LogP contribution in [-0.2, 0) is 12.5 Å². The molecule has 5 heteroatoms. The van der Waals surface area contributed by atoms with Crippen molar-refractivity contribution in [2.24, 2.45) is 0 Å². The maximum atomic E-state index is 13.5. The topological polar surface area (TPSA) is 9.23 Å². The summed E-state index contributed by atoms with van der Waals surface area (Å²) < 4.78 is 32.0. The summed E-state index contributed by atoms with van der Waals surface area (Å²) in [6.45, 7) is -0.0895. The highest BCUT2D eigenvalue weighted by Gasteiger charge is 2.11. The maximum Gasteiger partial charge on any atom is 0.165 e. The van der Waals surface area contributed by atoms with Gasteiger partial charge < -0.3 is 4.74 Å². The molecule has 0 spiro atoms. The summed E-state index contributed by atoms with van der Waals surface area (Å²) in [5.41, 5.74) is 0.767. The number of ether oxygens (including phenoxy) is 1. The second-order valence-electron chi connectivity index (χ2n) is 3.85. The van der Waals surface area contributed by atoms with Crippen LogP contribution in [0.15, 0.2) is 36.4 Å². The van der Waals surface area contributed by atoms with Crippen LogP contribution in [0.4, 0.5) is 8.78 Å². The quantitative estimate of drug-likeness (QED) is 0.727. The summed E-state index contributed by atoms with van der Waals surface area (Å²) in [7, 11) is 0. The van der Waals surface area contributed by atoms with E-state index in [2.05, 4.69) is 0 Å². The van der Waals surface area contributed by atoms with Crippen LogP contribution in [0.5, 0.6) is 5.75 Å². The number of hydrogen-bond donors (Lipinski definition) is 0. The molecule has 0 aliphatic carbocycles. The monoisotopic (exact) mass is 302 g/mol. The van der Waals surface area contributed by atoms with Crippen molar-refractivity contribution in [2.75, 3.05) is 0 Å². The number of alkyl halides is 1. The van der Waals surface area contributed by atoms with Gasteiger partial charge in [0.25, 0.3) is 0 Å². The van der Waals surface area contributed by atoms with E-state index in [0.29, 0.717) is 16.3 Å². The Morgan fingerprint density at radius 1 is 1.05 bits per heavy atom. The Hall–Kier alpha value is -1.32. The minimum atomic E-state index is -0.906. The third-order valence-electron chi connectivity index (χ3n) is 2.62. The Balaban J connectivity index is 2.19. The lowest BCUT2D eigenvalue weighted by atomic mass is 10.2. The van der Waals surface area contributed by atoms with Crippen LogP contribution < -0.4 is 4.74 Å². The molecule has 2 rings (SSSR count). The second kappa shape index (κ2) is 6.22. The summed E-state index contributed by atoms with van der Waals surface area (Å²) in [4.78, 5) is 0. The van der Waals surface area contributed by atoms with Crippen LogP contribution in [-0.4, -0.2) is 0 Å². The minimum Gasteiger partial charge on any atom is -0.488 e. The van der Waals surface area contributed by atoms with E-state index in [4.69, 9.17) is 27.9 Å². The van der Waals surface area contributed by atoms with Crippen LogP contribution in [0.1, 0.15) is 11.1 Å². The van der Waals surface area contributed by atoms with Crippen LogP contribution >= 0.6 is 23.2 Å². The van der Waals surface area contributed by atoms with Gasteiger partial charge in [-0.15, -0.1) is 11.6 Å². The Morgan fingerprint density at radius 3 is 2.53 bits per heavy atom. The smallest absolute Gasteiger partial charge is 0.165 e. The van der Waals surface area contributed by atoms with Gasteiger partial charge in [0.1, 0.15) is 12.4 Å². The van der Waals surface area contributed by atoms with E-state index < -0.39 is 11.6 Å². The van der Waals surface area contributed by atoms with E-state index >= 15 is 0 Å². The SMILES string of the molecule is Fc1cccc(COc2cccc(Cl)c2CCl)c1F. The molecule has 0 bridgehead atoms. The van der Waals surface area contributed by atoms with E-state index in [1.54, 1.807) is 18.2 Å². The Morgan fingerprint density at radius 2 is 1.79 bits per heavy atom. The third-order valence-corrected chi connectivity index (χ3v) is 3.25. The molecule has 2 aromatic carbocycles. The molecule has 0 N–H and O–H groups in total. The molecule has 0 amide bonds. The maximum absolute atomic E-state index is 13.5. The summed E-state index contributed by atoms with van der Waals surface area (Å²) in [5, 5.41) is 0.479. The van der Waals surface area contributed by atoms with Gasteiger partial charge in [-0.1, -0.05) is 29.8 Å². The molecule has 0 aliphatic heterocycles. The van der Waals surface area contributed by atoms with Crippen LogP contribution in [0.2, 0.25) is 5.02 Å². The highest BCUT2D eigenvalue weighted by atomic mass is 35.5. The standard InChI is InChI=1S/C14H10Cl2F2O/c15-7-10-11(16)4-2-6-13(10)19-8-9-3-1-5-12(17)14(9)18/h1-6H,7-8H2. The van der Waals surface area contributed by atoms with Gasteiger partial charge in [-0.25, -0.2) is 8.78 Å². The van der Waals surface area contributed by atoms with Crippen molar-refractivity contribution in [3.8, 4) is 5.75 Å². The Bertz CT molecular complexity index is 588. The fourth-order valence-electron chi connectivity index (χ4n) is 1.62. The molecular formula is C14H10Cl2F2O. The highest BCUT2D eigenvalue weighted by molar-refractivity contribution is 6.32. The van der Waals surface area contributed by atoms with Crippen molar-refractivity contribution in [3.05, 3.63) is 64.2 Å². The fraction of sp³-hybridized carbons (Fsp3) is 0.143. The first-order chi connectivity index (χ1) is 9.13. The minimum absolute atomic E-state index is 0.0895. The highest BCUT2D eigenvalue weighted by Crippen LogP contribution is 2.28. The van der Waals surface area contributed by atoms with Gasteiger partial charge in [-0.2, -0.15) is 0 Å². The molecule has 1 nitrogen and oxygen atoms in total. The van der Waals surface area contributed by atoms with Crippen molar-refractivity contribution in [1.29, 1.82) is 0 Å². The van der Waals surface area contributed by atoms with Crippen LogP contribution in [0, 0.1) is 11.6 Å². The Labute approximate surface area is 119 Å². The molecule has 0 atom stereocenters. The molecular weight excluding hydrogens is 293 g/mol. The van der Waals surface area contributed by atoms with Crippen LogP contribution in [0.25, 0.3) is 0 Å². The molecule has 0 heterocycles. The number of benzene rings is 2. The molecule has 0 unspecified atom stereocenters. The van der Waals surface area contributed by atoms with E-state index in [0.717, 1.165) is 6.07 Å². The predicted molar refractivity (Wildman–Crippen MR) is 71.7 cm³/mol. The van der Waals surface area contributed by atoms with Gasteiger partial charge in [0.15, 0.2) is 11.6 Å². The molecule has 0 radical (unpaired) electrons. The molecule has 19 heavy (non-hydrogen) atoms. The van der Waals surface area contributed by atoms with Gasteiger partial charge in [0.05, 0.1) is 5.88 Å². The summed E-state index contributed by atoms with van der Waals surface area (Å²) >= 11 is 11.7. The summed E-state index contributed by atoms with van der Waals surface area (Å²) in [6.07, 6.45) is 0. The average Bonchev–Trinajstić information content (AvgIpc) is 2.40. The molecule has 0 saturated heterocycles. The number of rotatable bonds is 4. The van der Waals surface area contributed by atoms with Crippen molar-refractivity contribution >= 4 is 23.2 Å². The largest absolute Gasteiger partial charge is 0.488 e. The molecule has 0 fully saturated rings. The van der Waals surface area contributed by atoms with Gasteiger partial charge in [0.2, 0.25) is 0 Å². The second-order valence-corrected chi connectivity index (χ2v) is 4.53. The summed E-state index contributed by atoms with van der Waals surface area (Å²) in [6, 6.07) is 9.02. The van der Waals surface area contributed by atoms with Crippen LogP contribution in [0.3, 0.4) is 0 Å². The van der Waals surface area contributed by atoms with Gasteiger partial charge >= 0.3 is 0 Å². The van der Waals surface area contributed by atoms with Gasteiger partial charge in [-0.05, 0) is 18.2 Å². The normalized spacial score (nSPS) is 10.5. The Kier molecular flexibility index (Phi) is 4.61. The number of halogens is 4. The predicted octanol–water partition coefficient (Wildman–Crippen LogP) is 4.94. The zero-order valence-corrected chi connectivity index (χ0v) is 11.3. The zero-order chi connectivity index (χ0) is 13.8.